The minimum atomic E-state index is -0.566. The Bertz CT molecular complexity index is 418. The lowest BCUT2D eigenvalue weighted by molar-refractivity contribution is -0.143. The van der Waals surface area contributed by atoms with Crippen molar-refractivity contribution < 1.29 is 9.53 Å². The summed E-state index contributed by atoms with van der Waals surface area (Å²) in [5.74, 6) is 2.06. The van der Waals surface area contributed by atoms with E-state index in [2.05, 4.69) is 16.3 Å². The standard InChI is InChI=1S/C12H17N3O2/c1-5-6-13-11(12(16)17-4)10-7-14-15(8-10)9(2)3/h1,7-9,11,13H,6H2,2-4H3. The molecule has 1 aromatic rings. The van der Waals surface area contributed by atoms with Gasteiger partial charge in [-0.05, 0) is 13.8 Å². The second-order valence-electron chi connectivity index (χ2n) is 3.89. The molecule has 0 amide bonds. The molecule has 1 heterocycles. The monoisotopic (exact) mass is 235 g/mol. The van der Waals surface area contributed by atoms with E-state index in [0.29, 0.717) is 6.54 Å². The van der Waals surface area contributed by atoms with Crippen molar-refractivity contribution in [2.45, 2.75) is 25.9 Å². The second kappa shape index (κ2) is 6.06. The Morgan fingerprint density at radius 3 is 2.88 bits per heavy atom. The van der Waals surface area contributed by atoms with Crippen LogP contribution >= 0.6 is 0 Å². The maximum atomic E-state index is 11.6. The average Bonchev–Trinajstić information content (AvgIpc) is 2.78. The number of ether oxygens (including phenoxy) is 1. The lowest BCUT2D eigenvalue weighted by Crippen LogP contribution is -2.29. The number of nitrogens with one attached hydrogen (secondary N) is 1. The van der Waals surface area contributed by atoms with E-state index >= 15 is 0 Å². The smallest absolute Gasteiger partial charge is 0.327 e. The van der Waals surface area contributed by atoms with Gasteiger partial charge in [0, 0.05) is 17.8 Å². The highest BCUT2D eigenvalue weighted by atomic mass is 16.5. The number of esters is 1. The molecular formula is C12H17N3O2. The first kappa shape index (κ1) is 13.3. The van der Waals surface area contributed by atoms with Crippen molar-refractivity contribution in [1.82, 2.24) is 15.1 Å². The molecule has 1 aromatic heterocycles. The molecule has 0 saturated carbocycles. The van der Waals surface area contributed by atoms with E-state index in [0.717, 1.165) is 5.56 Å². The maximum Gasteiger partial charge on any atom is 0.327 e. The van der Waals surface area contributed by atoms with E-state index in [9.17, 15) is 4.79 Å². The highest BCUT2D eigenvalue weighted by Gasteiger charge is 2.22. The van der Waals surface area contributed by atoms with Crippen molar-refractivity contribution in [2.24, 2.45) is 0 Å². The summed E-state index contributed by atoms with van der Waals surface area (Å²) in [5.41, 5.74) is 0.751. The average molecular weight is 235 g/mol. The first-order valence-corrected chi connectivity index (χ1v) is 5.38. The molecular weight excluding hydrogens is 218 g/mol. The molecule has 1 N–H and O–H groups in total. The molecule has 5 heteroatoms. The van der Waals surface area contributed by atoms with Gasteiger partial charge in [-0.15, -0.1) is 6.42 Å². The Morgan fingerprint density at radius 2 is 2.41 bits per heavy atom. The van der Waals surface area contributed by atoms with Crippen molar-refractivity contribution in [2.75, 3.05) is 13.7 Å². The molecule has 0 aromatic carbocycles. The van der Waals surface area contributed by atoms with Crippen LogP contribution in [0.4, 0.5) is 0 Å². The van der Waals surface area contributed by atoms with Crippen molar-refractivity contribution >= 4 is 5.97 Å². The number of carbonyl (C=O) groups excluding carboxylic acids is 1. The van der Waals surface area contributed by atoms with Crippen LogP contribution in [-0.4, -0.2) is 29.4 Å². The molecule has 0 aliphatic rings. The quantitative estimate of drug-likeness (QED) is 0.608. The third-order valence-corrected chi connectivity index (χ3v) is 2.33. The number of terminal acetylenes is 1. The topological polar surface area (TPSA) is 56.1 Å². The molecule has 0 aliphatic heterocycles. The molecule has 17 heavy (non-hydrogen) atoms. The predicted molar refractivity (Wildman–Crippen MR) is 64.2 cm³/mol. The summed E-state index contributed by atoms with van der Waals surface area (Å²) in [6.07, 6.45) is 8.62. The highest BCUT2D eigenvalue weighted by Crippen LogP contribution is 2.15. The van der Waals surface area contributed by atoms with E-state index in [-0.39, 0.29) is 12.0 Å². The summed E-state index contributed by atoms with van der Waals surface area (Å²) in [6, 6.07) is -0.321. The van der Waals surface area contributed by atoms with Crippen LogP contribution in [-0.2, 0) is 9.53 Å². The minimum absolute atomic E-state index is 0.245. The van der Waals surface area contributed by atoms with E-state index in [1.54, 1.807) is 10.9 Å². The molecule has 0 aliphatic carbocycles. The zero-order chi connectivity index (χ0) is 12.8. The van der Waals surface area contributed by atoms with Crippen molar-refractivity contribution in [3.8, 4) is 12.3 Å². The Morgan fingerprint density at radius 1 is 1.71 bits per heavy atom. The summed E-state index contributed by atoms with van der Waals surface area (Å²) in [5, 5.41) is 7.10. The van der Waals surface area contributed by atoms with Crippen LogP contribution in [0.3, 0.4) is 0 Å². The van der Waals surface area contributed by atoms with Crippen LogP contribution in [0.25, 0.3) is 0 Å². The SMILES string of the molecule is C#CCNC(C(=O)OC)c1cnn(C(C)C)c1. The Labute approximate surface area is 101 Å². The maximum absolute atomic E-state index is 11.6. The summed E-state index contributed by atoms with van der Waals surface area (Å²) in [4.78, 5) is 11.6. The van der Waals surface area contributed by atoms with Gasteiger partial charge in [0.1, 0.15) is 6.04 Å². The van der Waals surface area contributed by atoms with Gasteiger partial charge in [-0.2, -0.15) is 5.10 Å². The van der Waals surface area contributed by atoms with Crippen LogP contribution in [0, 0.1) is 12.3 Å². The number of aromatic nitrogens is 2. The number of carbonyl (C=O) groups is 1. The lowest BCUT2D eigenvalue weighted by atomic mass is 10.1. The fraction of sp³-hybridized carbons (Fsp3) is 0.500. The summed E-state index contributed by atoms with van der Waals surface area (Å²) >= 11 is 0. The fourth-order valence-electron chi connectivity index (χ4n) is 1.40. The van der Waals surface area contributed by atoms with Gasteiger partial charge in [0.2, 0.25) is 0 Å². The van der Waals surface area contributed by atoms with Gasteiger partial charge in [0.15, 0.2) is 0 Å². The lowest BCUT2D eigenvalue weighted by Gasteiger charge is -2.13. The zero-order valence-corrected chi connectivity index (χ0v) is 10.3. The van der Waals surface area contributed by atoms with Gasteiger partial charge in [-0.1, -0.05) is 5.92 Å². The molecule has 1 rings (SSSR count). The molecule has 5 nitrogen and oxygen atoms in total. The van der Waals surface area contributed by atoms with E-state index in [4.69, 9.17) is 11.2 Å². The number of nitrogens with zero attached hydrogens (tertiary/aromatic N) is 2. The third kappa shape index (κ3) is 3.33. The minimum Gasteiger partial charge on any atom is -0.468 e. The van der Waals surface area contributed by atoms with Gasteiger partial charge >= 0.3 is 5.97 Å². The summed E-state index contributed by atoms with van der Waals surface area (Å²) in [7, 11) is 1.35. The third-order valence-electron chi connectivity index (χ3n) is 2.33. The Balaban J connectivity index is 2.88. The van der Waals surface area contributed by atoms with E-state index < -0.39 is 6.04 Å². The van der Waals surface area contributed by atoms with Crippen molar-refractivity contribution in [3.63, 3.8) is 0 Å². The number of rotatable bonds is 5. The molecule has 0 bridgehead atoms. The van der Waals surface area contributed by atoms with Gasteiger partial charge in [0.25, 0.3) is 0 Å². The number of hydrogen-bond acceptors (Lipinski definition) is 4. The van der Waals surface area contributed by atoms with Crippen LogP contribution in [0.2, 0.25) is 0 Å². The zero-order valence-electron chi connectivity index (χ0n) is 10.3. The molecule has 0 fully saturated rings. The van der Waals surface area contributed by atoms with Crippen molar-refractivity contribution in [1.29, 1.82) is 0 Å². The molecule has 0 radical (unpaired) electrons. The predicted octanol–water partition coefficient (Wildman–Crippen LogP) is 0.901. The van der Waals surface area contributed by atoms with Crippen LogP contribution in [0.15, 0.2) is 12.4 Å². The van der Waals surface area contributed by atoms with E-state index in [1.807, 2.05) is 20.0 Å². The van der Waals surface area contributed by atoms with Gasteiger partial charge < -0.3 is 4.74 Å². The highest BCUT2D eigenvalue weighted by molar-refractivity contribution is 5.77. The molecule has 92 valence electrons. The van der Waals surface area contributed by atoms with E-state index in [1.165, 1.54) is 7.11 Å². The molecule has 0 spiro atoms. The Hall–Kier alpha value is -1.80. The van der Waals surface area contributed by atoms with Crippen LogP contribution < -0.4 is 5.32 Å². The molecule has 1 atom stereocenters. The van der Waals surface area contributed by atoms with Gasteiger partial charge in [-0.3, -0.25) is 10.00 Å². The van der Waals surface area contributed by atoms with Crippen molar-refractivity contribution in [3.05, 3.63) is 18.0 Å². The van der Waals surface area contributed by atoms with Crippen LogP contribution in [0.5, 0.6) is 0 Å². The number of methoxy groups -OCH3 is 1. The van der Waals surface area contributed by atoms with Gasteiger partial charge in [0.05, 0.1) is 19.9 Å². The largest absolute Gasteiger partial charge is 0.468 e. The first-order valence-electron chi connectivity index (χ1n) is 5.38. The Kier molecular flexibility index (Phi) is 4.73. The normalized spacial score (nSPS) is 12.2. The number of hydrogen-bond donors (Lipinski definition) is 1. The van der Waals surface area contributed by atoms with Crippen LogP contribution in [0.1, 0.15) is 31.5 Å². The summed E-state index contributed by atoms with van der Waals surface area (Å²) in [6.45, 7) is 4.32. The molecule has 0 saturated heterocycles. The van der Waals surface area contributed by atoms with Gasteiger partial charge in [-0.25, -0.2) is 4.79 Å². The molecule has 1 unspecified atom stereocenters. The second-order valence-corrected chi connectivity index (χ2v) is 3.89. The first-order chi connectivity index (χ1) is 8.10. The summed E-state index contributed by atoms with van der Waals surface area (Å²) < 4.78 is 6.51. The fourth-order valence-corrected chi connectivity index (χ4v) is 1.40.